The van der Waals surface area contributed by atoms with Crippen LogP contribution >= 0.6 is 0 Å². The Labute approximate surface area is 106 Å². The molecule has 1 aliphatic rings. The van der Waals surface area contributed by atoms with E-state index in [0.717, 1.165) is 35.9 Å². The highest BCUT2D eigenvalue weighted by Gasteiger charge is 2.25. The standard InChI is InChI=1S/C12H18N6/c1-3-18(7-8-4-5-8)11-9-6-14-17-10(9)15-12(13-2)16-11/h6,8H,3-5,7H2,1-2H3,(H2,13,14,15,16,17). The number of hydrogen-bond donors (Lipinski definition) is 2. The predicted octanol–water partition coefficient (Wildman–Crippen LogP) is 1.63. The molecule has 0 unspecified atom stereocenters. The predicted molar refractivity (Wildman–Crippen MR) is 71.8 cm³/mol. The first-order valence-corrected chi connectivity index (χ1v) is 6.45. The molecule has 3 rings (SSSR count). The van der Waals surface area contributed by atoms with Gasteiger partial charge in [-0.15, -0.1) is 0 Å². The Hall–Kier alpha value is -1.85. The minimum atomic E-state index is 0.635. The lowest BCUT2D eigenvalue weighted by Crippen LogP contribution is -2.26. The van der Waals surface area contributed by atoms with E-state index in [9.17, 15) is 0 Å². The van der Waals surface area contributed by atoms with Crippen LogP contribution in [0.25, 0.3) is 11.0 Å². The number of fused-ring (bicyclic) bond motifs is 1. The number of aromatic nitrogens is 4. The zero-order chi connectivity index (χ0) is 12.5. The number of H-pyrrole nitrogens is 1. The van der Waals surface area contributed by atoms with Crippen LogP contribution in [-0.4, -0.2) is 40.3 Å². The summed E-state index contributed by atoms with van der Waals surface area (Å²) in [6.45, 7) is 4.20. The van der Waals surface area contributed by atoms with Crippen molar-refractivity contribution in [3.63, 3.8) is 0 Å². The van der Waals surface area contributed by atoms with Crippen LogP contribution in [0.4, 0.5) is 11.8 Å². The molecule has 6 heteroatoms. The van der Waals surface area contributed by atoms with Crippen molar-refractivity contribution in [3.8, 4) is 0 Å². The summed E-state index contributed by atoms with van der Waals surface area (Å²) in [5.74, 6) is 2.45. The molecule has 2 heterocycles. The maximum Gasteiger partial charge on any atom is 0.226 e. The van der Waals surface area contributed by atoms with Crippen molar-refractivity contribution >= 4 is 22.8 Å². The smallest absolute Gasteiger partial charge is 0.226 e. The zero-order valence-electron chi connectivity index (χ0n) is 10.8. The maximum atomic E-state index is 4.59. The molecular formula is C12H18N6. The van der Waals surface area contributed by atoms with Gasteiger partial charge in [-0.2, -0.15) is 15.1 Å². The molecule has 6 nitrogen and oxygen atoms in total. The molecule has 0 aromatic carbocycles. The number of aromatic amines is 1. The first kappa shape index (κ1) is 11.3. The number of anilines is 2. The van der Waals surface area contributed by atoms with E-state index in [1.54, 1.807) is 6.20 Å². The topological polar surface area (TPSA) is 69.7 Å². The van der Waals surface area contributed by atoms with Crippen LogP contribution in [0.2, 0.25) is 0 Å². The molecule has 0 bridgehead atoms. The number of nitrogens with one attached hydrogen (secondary N) is 2. The maximum absolute atomic E-state index is 4.59. The largest absolute Gasteiger partial charge is 0.357 e. The molecular weight excluding hydrogens is 228 g/mol. The molecule has 18 heavy (non-hydrogen) atoms. The van der Waals surface area contributed by atoms with Gasteiger partial charge in [0.1, 0.15) is 5.82 Å². The quantitative estimate of drug-likeness (QED) is 0.839. The molecule has 0 spiro atoms. The van der Waals surface area contributed by atoms with Gasteiger partial charge in [-0.1, -0.05) is 0 Å². The van der Waals surface area contributed by atoms with Crippen LogP contribution in [-0.2, 0) is 0 Å². The molecule has 2 aromatic heterocycles. The summed E-state index contributed by atoms with van der Waals surface area (Å²) in [7, 11) is 1.83. The molecule has 0 radical (unpaired) electrons. The number of nitrogens with zero attached hydrogens (tertiary/aromatic N) is 4. The minimum Gasteiger partial charge on any atom is -0.357 e. The molecule has 2 N–H and O–H groups in total. The fourth-order valence-corrected chi connectivity index (χ4v) is 2.15. The van der Waals surface area contributed by atoms with E-state index in [4.69, 9.17) is 0 Å². The van der Waals surface area contributed by atoms with E-state index < -0.39 is 0 Å². The van der Waals surface area contributed by atoms with Gasteiger partial charge < -0.3 is 10.2 Å². The Bertz CT molecular complexity index is 544. The summed E-state index contributed by atoms with van der Waals surface area (Å²) < 4.78 is 0. The summed E-state index contributed by atoms with van der Waals surface area (Å²) in [5, 5.41) is 11.0. The molecule has 2 aromatic rings. The van der Waals surface area contributed by atoms with Crippen molar-refractivity contribution in [2.24, 2.45) is 5.92 Å². The summed E-state index contributed by atoms with van der Waals surface area (Å²) in [5.41, 5.74) is 0.790. The van der Waals surface area contributed by atoms with Gasteiger partial charge in [0, 0.05) is 20.1 Å². The van der Waals surface area contributed by atoms with Gasteiger partial charge in [-0.25, -0.2) is 0 Å². The van der Waals surface area contributed by atoms with Crippen molar-refractivity contribution < 1.29 is 0 Å². The fraction of sp³-hybridized carbons (Fsp3) is 0.583. The van der Waals surface area contributed by atoms with Crippen molar-refractivity contribution in [1.29, 1.82) is 0 Å². The first-order valence-electron chi connectivity index (χ1n) is 6.45. The normalized spacial score (nSPS) is 15.0. The highest BCUT2D eigenvalue weighted by Crippen LogP contribution is 2.32. The van der Waals surface area contributed by atoms with Gasteiger partial charge in [0.2, 0.25) is 5.95 Å². The highest BCUT2D eigenvalue weighted by atomic mass is 15.3. The molecule has 1 fully saturated rings. The van der Waals surface area contributed by atoms with Gasteiger partial charge in [-0.05, 0) is 25.7 Å². The van der Waals surface area contributed by atoms with Gasteiger partial charge >= 0.3 is 0 Å². The molecule has 0 saturated heterocycles. The monoisotopic (exact) mass is 246 g/mol. The minimum absolute atomic E-state index is 0.635. The second kappa shape index (κ2) is 4.44. The molecule has 1 aliphatic carbocycles. The summed E-state index contributed by atoms with van der Waals surface area (Å²) in [6.07, 6.45) is 4.49. The summed E-state index contributed by atoms with van der Waals surface area (Å²) >= 11 is 0. The highest BCUT2D eigenvalue weighted by molar-refractivity contribution is 5.87. The van der Waals surface area contributed by atoms with E-state index in [0.29, 0.717) is 5.95 Å². The molecule has 96 valence electrons. The van der Waals surface area contributed by atoms with E-state index >= 15 is 0 Å². The lowest BCUT2D eigenvalue weighted by atomic mass is 10.3. The van der Waals surface area contributed by atoms with Crippen LogP contribution in [0.1, 0.15) is 19.8 Å². The van der Waals surface area contributed by atoms with E-state index in [2.05, 4.69) is 37.3 Å². The molecule has 0 aliphatic heterocycles. The van der Waals surface area contributed by atoms with Crippen molar-refractivity contribution in [2.45, 2.75) is 19.8 Å². The van der Waals surface area contributed by atoms with Crippen molar-refractivity contribution in [1.82, 2.24) is 20.2 Å². The lowest BCUT2D eigenvalue weighted by molar-refractivity contribution is 0.734. The van der Waals surface area contributed by atoms with Crippen LogP contribution < -0.4 is 10.2 Å². The van der Waals surface area contributed by atoms with Crippen LogP contribution in [0, 0.1) is 5.92 Å². The third kappa shape index (κ3) is 1.98. The van der Waals surface area contributed by atoms with Gasteiger partial charge in [0.05, 0.1) is 11.6 Å². The summed E-state index contributed by atoms with van der Waals surface area (Å²) in [6, 6.07) is 0. The average molecular weight is 246 g/mol. The van der Waals surface area contributed by atoms with Crippen molar-refractivity contribution in [3.05, 3.63) is 6.20 Å². The SMILES string of the molecule is CCN(CC1CC1)c1nc(NC)nc2[nH]ncc12. The lowest BCUT2D eigenvalue weighted by Gasteiger charge is -2.22. The number of rotatable bonds is 5. The van der Waals surface area contributed by atoms with Crippen LogP contribution in [0.3, 0.4) is 0 Å². The summed E-state index contributed by atoms with van der Waals surface area (Å²) in [4.78, 5) is 11.3. The van der Waals surface area contributed by atoms with E-state index in [-0.39, 0.29) is 0 Å². The van der Waals surface area contributed by atoms with Crippen molar-refractivity contribution in [2.75, 3.05) is 30.4 Å². The van der Waals surface area contributed by atoms with E-state index in [1.807, 2.05) is 7.05 Å². The Kier molecular flexibility index (Phi) is 2.77. The third-order valence-corrected chi connectivity index (χ3v) is 3.37. The number of hydrogen-bond acceptors (Lipinski definition) is 5. The molecule has 1 saturated carbocycles. The first-order chi connectivity index (χ1) is 8.81. The Morgan fingerprint density at radius 3 is 2.94 bits per heavy atom. The van der Waals surface area contributed by atoms with Crippen LogP contribution in [0.5, 0.6) is 0 Å². The second-order valence-corrected chi connectivity index (χ2v) is 4.74. The average Bonchev–Trinajstić information content (AvgIpc) is 3.09. The van der Waals surface area contributed by atoms with Gasteiger partial charge in [-0.3, -0.25) is 5.10 Å². The Morgan fingerprint density at radius 1 is 1.44 bits per heavy atom. The van der Waals surface area contributed by atoms with Crippen LogP contribution in [0.15, 0.2) is 6.20 Å². The second-order valence-electron chi connectivity index (χ2n) is 4.74. The zero-order valence-corrected chi connectivity index (χ0v) is 10.8. The fourth-order valence-electron chi connectivity index (χ4n) is 2.15. The van der Waals surface area contributed by atoms with Gasteiger partial charge in [0.25, 0.3) is 0 Å². The van der Waals surface area contributed by atoms with Gasteiger partial charge in [0.15, 0.2) is 5.65 Å². The Balaban J connectivity index is 2.03. The van der Waals surface area contributed by atoms with E-state index in [1.165, 1.54) is 12.8 Å². The Morgan fingerprint density at radius 2 is 2.28 bits per heavy atom. The molecule has 0 atom stereocenters. The molecule has 0 amide bonds. The third-order valence-electron chi connectivity index (χ3n) is 3.37.